The largest absolute Gasteiger partial charge is 0.476 e. The number of hydrogen-bond acceptors (Lipinski definition) is 6. The number of rotatable bonds is 9. The fraction of sp³-hybridized carbons (Fsp3) is 0.667. The van der Waals surface area contributed by atoms with E-state index < -0.39 is 16.0 Å². The first-order valence-electron chi connectivity index (χ1n) is 5.54. The van der Waals surface area contributed by atoms with E-state index >= 15 is 0 Å². The average Bonchev–Trinajstić information content (AvgIpc) is 2.78. The molecular weight excluding hydrogens is 276 g/mol. The molecule has 0 aliphatic rings. The molecule has 0 saturated carbocycles. The Balaban J connectivity index is 2.34. The van der Waals surface area contributed by atoms with Gasteiger partial charge in [0.1, 0.15) is 0 Å². The fourth-order valence-corrected chi connectivity index (χ4v) is 2.33. The zero-order chi connectivity index (χ0) is 14.3. The van der Waals surface area contributed by atoms with Crippen LogP contribution in [0.4, 0.5) is 0 Å². The van der Waals surface area contributed by atoms with Crippen molar-refractivity contribution in [2.24, 2.45) is 0 Å². The van der Waals surface area contributed by atoms with Crippen LogP contribution >= 0.6 is 0 Å². The van der Waals surface area contributed by atoms with Gasteiger partial charge >= 0.3 is 5.97 Å². The highest BCUT2D eigenvalue weighted by Gasteiger charge is 2.11. The lowest BCUT2D eigenvalue weighted by atomic mass is 10.5. The van der Waals surface area contributed by atoms with Crippen LogP contribution in [-0.4, -0.2) is 60.5 Å². The summed E-state index contributed by atoms with van der Waals surface area (Å²) in [6.07, 6.45) is 1.65. The van der Waals surface area contributed by atoms with Crippen LogP contribution in [0.25, 0.3) is 0 Å². The highest BCUT2D eigenvalue weighted by Crippen LogP contribution is 1.93. The molecule has 0 unspecified atom stereocenters. The van der Waals surface area contributed by atoms with Crippen LogP contribution in [-0.2, 0) is 21.3 Å². The summed E-state index contributed by atoms with van der Waals surface area (Å²) in [5.74, 6) is -1.19. The summed E-state index contributed by atoms with van der Waals surface area (Å²) in [5.41, 5.74) is -0.178. The summed E-state index contributed by atoms with van der Waals surface area (Å²) in [4.78, 5) is 10.6. The van der Waals surface area contributed by atoms with Crippen LogP contribution in [0, 0.1) is 0 Å². The number of nitrogens with one attached hydrogen (secondary N) is 1. The second-order valence-electron chi connectivity index (χ2n) is 3.73. The number of carboxylic acids is 1. The van der Waals surface area contributed by atoms with E-state index in [1.54, 1.807) is 0 Å². The van der Waals surface area contributed by atoms with E-state index in [4.69, 9.17) is 9.84 Å². The summed E-state index contributed by atoms with van der Waals surface area (Å²) in [7, 11) is -1.84. The van der Waals surface area contributed by atoms with Crippen molar-refractivity contribution in [1.29, 1.82) is 0 Å². The maximum absolute atomic E-state index is 11.5. The minimum Gasteiger partial charge on any atom is -0.476 e. The van der Waals surface area contributed by atoms with Crippen LogP contribution in [0.15, 0.2) is 6.20 Å². The first-order valence-corrected chi connectivity index (χ1v) is 7.19. The number of nitrogens with zero attached hydrogens (tertiary/aromatic N) is 3. The first-order chi connectivity index (χ1) is 8.94. The third kappa shape index (κ3) is 5.77. The van der Waals surface area contributed by atoms with E-state index in [0.29, 0.717) is 13.0 Å². The standard InChI is InChI=1S/C9H16N4O5S/c1-18-5-2-6-19(16,17)10-3-4-13-7-8(9(14)15)11-12-13/h7,10H,2-6H2,1H3,(H,14,15). The topological polar surface area (TPSA) is 123 Å². The molecule has 108 valence electrons. The molecule has 0 bridgehead atoms. The Morgan fingerprint density at radius 2 is 2.32 bits per heavy atom. The molecule has 0 aromatic carbocycles. The van der Waals surface area contributed by atoms with Crippen molar-refractivity contribution in [3.8, 4) is 0 Å². The maximum Gasteiger partial charge on any atom is 0.358 e. The van der Waals surface area contributed by atoms with E-state index in [-0.39, 0.29) is 24.5 Å². The van der Waals surface area contributed by atoms with Crippen LogP contribution in [0.5, 0.6) is 0 Å². The Morgan fingerprint density at radius 1 is 1.58 bits per heavy atom. The SMILES string of the molecule is COCCCS(=O)(=O)NCCn1cc(C(=O)O)nn1. The van der Waals surface area contributed by atoms with E-state index in [0.717, 1.165) is 0 Å². The predicted octanol–water partition coefficient (Wildman–Crippen LogP) is -1.07. The van der Waals surface area contributed by atoms with Gasteiger partial charge < -0.3 is 9.84 Å². The first kappa shape index (κ1) is 15.5. The van der Waals surface area contributed by atoms with E-state index in [1.807, 2.05) is 0 Å². The van der Waals surface area contributed by atoms with Crippen molar-refractivity contribution in [2.75, 3.05) is 26.0 Å². The van der Waals surface area contributed by atoms with Gasteiger partial charge in [0.15, 0.2) is 5.69 Å². The molecule has 1 heterocycles. The molecule has 0 amide bonds. The van der Waals surface area contributed by atoms with E-state index in [9.17, 15) is 13.2 Å². The van der Waals surface area contributed by atoms with Gasteiger partial charge in [-0.1, -0.05) is 5.21 Å². The monoisotopic (exact) mass is 292 g/mol. The molecule has 2 N–H and O–H groups in total. The van der Waals surface area contributed by atoms with Crippen LogP contribution < -0.4 is 4.72 Å². The van der Waals surface area contributed by atoms with Crippen molar-refractivity contribution >= 4 is 16.0 Å². The summed E-state index contributed by atoms with van der Waals surface area (Å²) >= 11 is 0. The van der Waals surface area contributed by atoms with Gasteiger partial charge in [-0.2, -0.15) is 0 Å². The Hall–Kier alpha value is -1.52. The fourth-order valence-electron chi connectivity index (χ4n) is 1.29. The minimum atomic E-state index is -3.34. The third-order valence-electron chi connectivity index (χ3n) is 2.18. The molecule has 1 aromatic heterocycles. The van der Waals surface area contributed by atoms with Gasteiger partial charge in [0.2, 0.25) is 10.0 Å². The Labute approximate surface area is 110 Å². The normalized spacial score (nSPS) is 11.6. The molecule has 1 rings (SSSR count). The van der Waals surface area contributed by atoms with Crippen LogP contribution in [0.2, 0.25) is 0 Å². The van der Waals surface area contributed by atoms with Crippen molar-refractivity contribution in [3.05, 3.63) is 11.9 Å². The Morgan fingerprint density at radius 3 is 2.89 bits per heavy atom. The number of aromatic nitrogens is 3. The van der Waals surface area contributed by atoms with Gasteiger partial charge in [-0.25, -0.2) is 17.9 Å². The number of hydrogen-bond donors (Lipinski definition) is 2. The number of carboxylic acid groups (broad SMARTS) is 1. The zero-order valence-electron chi connectivity index (χ0n) is 10.4. The summed E-state index contributed by atoms with van der Waals surface area (Å²) in [6, 6.07) is 0. The number of aromatic carboxylic acids is 1. The van der Waals surface area contributed by atoms with Gasteiger partial charge in [-0.15, -0.1) is 5.10 Å². The molecule has 0 aliphatic carbocycles. The van der Waals surface area contributed by atoms with Crippen LogP contribution in [0.1, 0.15) is 16.9 Å². The molecule has 0 saturated heterocycles. The molecule has 1 aromatic rings. The molecule has 0 spiro atoms. The molecule has 0 fully saturated rings. The number of ether oxygens (including phenoxy) is 1. The van der Waals surface area contributed by atoms with E-state index in [1.165, 1.54) is 18.0 Å². The second-order valence-corrected chi connectivity index (χ2v) is 5.66. The van der Waals surface area contributed by atoms with Crippen LogP contribution in [0.3, 0.4) is 0 Å². The van der Waals surface area contributed by atoms with Gasteiger partial charge in [0, 0.05) is 20.3 Å². The quantitative estimate of drug-likeness (QED) is 0.555. The lowest BCUT2D eigenvalue weighted by Crippen LogP contribution is -2.30. The highest BCUT2D eigenvalue weighted by atomic mass is 32.2. The number of carbonyl (C=O) groups is 1. The predicted molar refractivity (Wildman–Crippen MR) is 65.3 cm³/mol. The Bertz CT molecular complexity index is 512. The molecule has 9 nitrogen and oxygen atoms in total. The average molecular weight is 292 g/mol. The minimum absolute atomic E-state index is 0.0153. The summed E-state index contributed by atoms with van der Waals surface area (Å²) in [5, 5.41) is 15.6. The second kappa shape index (κ2) is 7.16. The van der Waals surface area contributed by atoms with Crippen molar-refractivity contribution in [1.82, 2.24) is 19.7 Å². The maximum atomic E-state index is 11.5. The lowest BCUT2D eigenvalue weighted by molar-refractivity contribution is 0.0690. The summed E-state index contributed by atoms with van der Waals surface area (Å²) < 4.78 is 31.4. The molecule has 0 aliphatic heterocycles. The van der Waals surface area contributed by atoms with Crippen molar-refractivity contribution < 1.29 is 23.1 Å². The molecule has 0 atom stereocenters. The number of methoxy groups -OCH3 is 1. The van der Waals surface area contributed by atoms with Gasteiger partial charge in [0.25, 0.3) is 0 Å². The third-order valence-corrected chi connectivity index (χ3v) is 3.65. The Kier molecular flexibility index (Phi) is 5.86. The van der Waals surface area contributed by atoms with Gasteiger partial charge in [-0.05, 0) is 6.42 Å². The smallest absolute Gasteiger partial charge is 0.358 e. The number of sulfonamides is 1. The van der Waals surface area contributed by atoms with Crippen molar-refractivity contribution in [3.63, 3.8) is 0 Å². The molecular formula is C9H16N4O5S. The van der Waals surface area contributed by atoms with E-state index in [2.05, 4.69) is 15.0 Å². The van der Waals surface area contributed by atoms with Gasteiger partial charge in [0.05, 0.1) is 18.5 Å². The molecule has 0 radical (unpaired) electrons. The lowest BCUT2D eigenvalue weighted by Gasteiger charge is -2.05. The molecule has 19 heavy (non-hydrogen) atoms. The van der Waals surface area contributed by atoms with Gasteiger partial charge in [-0.3, -0.25) is 4.68 Å². The van der Waals surface area contributed by atoms with Crippen molar-refractivity contribution in [2.45, 2.75) is 13.0 Å². The highest BCUT2D eigenvalue weighted by molar-refractivity contribution is 7.89. The zero-order valence-corrected chi connectivity index (χ0v) is 11.3. The molecule has 10 heteroatoms. The summed E-state index contributed by atoms with van der Waals surface area (Å²) in [6.45, 7) is 0.716.